The van der Waals surface area contributed by atoms with Gasteiger partial charge in [0.1, 0.15) is 29.6 Å². The van der Waals surface area contributed by atoms with Crippen LogP contribution in [0.4, 0.5) is 23.0 Å². The molecule has 4 aromatic heterocycles. The zero-order valence-electron chi connectivity index (χ0n) is 29.4. The summed E-state index contributed by atoms with van der Waals surface area (Å²) in [5.41, 5.74) is 6.37. The predicted molar refractivity (Wildman–Crippen MR) is 194 cm³/mol. The first-order chi connectivity index (χ1) is 24.7. The van der Waals surface area contributed by atoms with Crippen LogP contribution in [0.25, 0.3) is 11.1 Å². The van der Waals surface area contributed by atoms with Crippen molar-refractivity contribution in [3.8, 4) is 11.1 Å². The van der Waals surface area contributed by atoms with Crippen LogP contribution in [0.3, 0.4) is 0 Å². The molecule has 2 saturated heterocycles. The monoisotopic (exact) mass is 692 g/mol. The van der Waals surface area contributed by atoms with E-state index in [9.17, 15) is 14.4 Å². The smallest absolute Gasteiger partial charge is 0.302 e. The number of hydrogen-bond acceptors (Lipinski definition) is 10. The third-order valence-corrected chi connectivity index (χ3v) is 10.8. The average molecular weight is 693 g/mol. The molecule has 0 unspecified atom stereocenters. The van der Waals surface area contributed by atoms with E-state index in [0.29, 0.717) is 64.9 Å². The Morgan fingerprint density at radius 2 is 1.88 bits per heavy atom. The van der Waals surface area contributed by atoms with Crippen molar-refractivity contribution < 1.29 is 19.1 Å². The number of pyridine rings is 3. The largest absolute Gasteiger partial charge is 0.461 e. The zero-order valence-corrected chi connectivity index (χ0v) is 29.4. The standard InChI is InChI=1S/C38H44N8O5/c1-24-19-43(29-21-50-22-29)12-13-44(24)28-8-9-35(40-18-28)41-32-16-27(20-42(3)37(32)48)30-10-11-39-36(31(30)23-51-25(2)47)46-15-14-45-33-7-5-4-6-26(33)17-34(45)38(46)49/h8-11,16-18,20,24,29H,4-7,12-15,19,21-23H2,1-3H3,(H,40,41)/t24-/m1/s1. The van der Waals surface area contributed by atoms with Crippen molar-refractivity contribution in [2.24, 2.45) is 7.05 Å². The van der Waals surface area contributed by atoms with E-state index in [0.717, 1.165) is 64.2 Å². The third kappa shape index (κ3) is 6.29. The third-order valence-electron chi connectivity index (χ3n) is 10.8. The van der Waals surface area contributed by atoms with Crippen LogP contribution in [-0.2, 0) is 47.3 Å². The van der Waals surface area contributed by atoms with E-state index >= 15 is 0 Å². The van der Waals surface area contributed by atoms with Crippen LogP contribution in [0, 0.1) is 0 Å². The zero-order chi connectivity index (χ0) is 35.2. The van der Waals surface area contributed by atoms with E-state index in [1.807, 2.05) is 30.5 Å². The second-order valence-corrected chi connectivity index (χ2v) is 14.1. The van der Waals surface area contributed by atoms with Gasteiger partial charge in [-0.15, -0.1) is 0 Å². The Morgan fingerprint density at radius 1 is 1.04 bits per heavy atom. The number of aromatic nitrogens is 4. The SMILES string of the molecule is CC(=O)OCc1c(-c2cc(Nc3ccc(N4CCN(C5COC5)C[C@H]4C)cn3)c(=O)n(C)c2)ccnc1N1CCn2c(cc3c2CCCC3)C1=O. The summed E-state index contributed by atoms with van der Waals surface area (Å²) < 4.78 is 14.6. The number of anilines is 4. The number of carbonyl (C=O) groups is 2. The number of carbonyl (C=O) groups excluding carboxylic acids is 2. The maximum absolute atomic E-state index is 14.0. The number of fused-ring (bicyclic) bond motifs is 3. The van der Waals surface area contributed by atoms with Crippen molar-refractivity contribution in [3.05, 3.63) is 81.8 Å². The lowest BCUT2D eigenvalue weighted by atomic mass is 9.98. The van der Waals surface area contributed by atoms with Crippen molar-refractivity contribution >= 4 is 34.9 Å². The van der Waals surface area contributed by atoms with Crippen molar-refractivity contribution in [1.29, 1.82) is 0 Å². The Labute approximate surface area is 296 Å². The molecule has 0 aromatic carbocycles. The number of piperazine rings is 1. The van der Waals surface area contributed by atoms with Crippen molar-refractivity contribution in [3.63, 3.8) is 0 Å². The van der Waals surface area contributed by atoms with Gasteiger partial charge in [0.25, 0.3) is 11.5 Å². The highest BCUT2D eigenvalue weighted by Gasteiger charge is 2.34. The van der Waals surface area contributed by atoms with Crippen LogP contribution >= 0.6 is 0 Å². The Morgan fingerprint density at radius 3 is 2.63 bits per heavy atom. The molecule has 1 atom stereocenters. The van der Waals surface area contributed by atoms with Gasteiger partial charge in [-0.05, 0) is 74.1 Å². The molecule has 8 rings (SSSR count). The van der Waals surface area contributed by atoms with Gasteiger partial charge in [0, 0.05) is 82.0 Å². The average Bonchev–Trinajstić information content (AvgIpc) is 3.49. The number of esters is 1. The Bertz CT molecular complexity index is 2030. The lowest BCUT2D eigenvalue weighted by Gasteiger charge is -2.46. The second-order valence-electron chi connectivity index (χ2n) is 14.1. The molecule has 51 heavy (non-hydrogen) atoms. The van der Waals surface area contributed by atoms with Crippen molar-refractivity contribution in [1.82, 2.24) is 24.0 Å². The van der Waals surface area contributed by atoms with Crippen molar-refractivity contribution in [2.45, 2.75) is 64.8 Å². The molecule has 7 heterocycles. The van der Waals surface area contributed by atoms with Gasteiger partial charge in [-0.25, -0.2) is 9.97 Å². The van der Waals surface area contributed by atoms with Gasteiger partial charge < -0.3 is 28.8 Å². The quantitative estimate of drug-likeness (QED) is 0.272. The van der Waals surface area contributed by atoms with Crippen LogP contribution in [0.15, 0.2) is 53.7 Å². The summed E-state index contributed by atoms with van der Waals surface area (Å²) in [5.74, 6) is 0.432. The molecule has 1 N–H and O–H groups in total. The molecule has 0 spiro atoms. The maximum Gasteiger partial charge on any atom is 0.302 e. The Kier molecular flexibility index (Phi) is 8.84. The van der Waals surface area contributed by atoms with Crippen LogP contribution < -0.4 is 20.7 Å². The molecule has 1 aliphatic carbocycles. The maximum atomic E-state index is 14.0. The summed E-state index contributed by atoms with van der Waals surface area (Å²) in [6, 6.07) is 10.4. The molecule has 13 nitrogen and oxygen atoms in total. The highest BCUT2D eigenvalue weighted by atomic mass is 16.5. The van der Waals surface area contributed by atoms with E-state index in [1.54, 1.807) is 30.4 Å². The first kappa shape index (κ1) is 33.2. The number of rotatable bonds is 8. The van der Waals surface area contributed by atoms with Crippen LogP contribution in [0.1, 0.15) is 54.0 Å². The molecular weight excluding hydrogens is 648 g/mol. The molecule has 4 aromatic rings. The minimum Gasteiger partial charge on any atom is -0.461 e. The summed E-state index contributed by atoms with van der Waals surface area (Å²) in [6.45, 7) is 9.14. The molecule has 4 aliphatic rings. The second kappa shape index (κ2) is 13.6. The first-order valence-electron chi connectivity index (χ1n) is 17.9. The van der Waals surface area contributed by atoms with E-state index in [-0.39, 0.29) is 18.1 Å². The highest BCUT2D eigenvalue weighted by molar-refractivity contribution is 6.06. The molecular formula is C38H44N8O5. The summed E-state index contributed by atoms with van der Waals surface area (Å²) in [5, 5.41) is 3.24. The van der Waals surface area contributed by atoms with E-state index in [2.05, 4.69) is 36.6 Å². The van der Waals surface area contributed by atoms with Gasteiger partial charge in [0.15, 0.2) is 0 Å². The Hall–Kier alpha value is -5.01. The number of nitrogens with one attached hydrogen (secondary N) is 1. The van der Waals surface area contributed by atoms with Crippen molar-refractivity contribution in [2.75, 3.05) is 54.5 Å². The molecule has 13 heteroatoms. The van der Waals surface area contributed by atoms with Gasteiger partial charge in [0.05, 0.1) is 31.1 Å². The summed E-state index contributed by atoms with van der Waals surface area (Å²) in [4.78, 5) is 55.4. The fourth-order valence-electron chi connectivity index (χ4n) is 7.99. The Balaban J connectivity index is 1.07. The highest BCUT2D eigenvalue weighted by Crippen LogP contribution is 2.35. The van der Waals surface area contributed by atoms with Gasteiger partial charge in [0.2, 0.25) is 0 Å². The summed E-state index contributed by atoms with van der Waals surface area (Å²) in [6.07, 6.45) is 9.51. The fourth-order valence-corrected chi connectivity index (χ4v) is 7.99. The lowest BCUT2D eigenvalue weighted by Crippen LogP contribution is -2.59. The molecule has 0 radical (unpaired) electrons. The normalized spacial score (nSPS) is 19.4. The molecule has 266 valence electrons. The minimum atomic E-state index is -0.441. The van der Waals surface area contributed by atoms with Gasteiger partial charge in [-0.3, -0.25) is 24.2 Å². The molecule has 3 aliphatic heterocycles. The molecule has 2 fully saturated rings. The summed E-state index contributed by atoms with van der Waals surface area (Å²) in [7, 11) is 1.70. The van der Waals surface area contributed by atoms with Gasteiger partial charge >= 0.3 is 5.97 Å². The first-order valence-corrected chi connectivity index (χ1v) is 17.9. The van der Waals surface area contributed by atoms with E-state index in [1.165, 1.54) is 22.7 Å². The van der Waals surface area contributed by atoms with Gasteiger partial charge in [-0.1, -0.05) is 0 Å². The predicted octanol–water partition coefficient (Wildman–Crippen LogP) is 3.90. The molecule has 0 saturated carbocycles. The van der Waals surface area contributed by atoms with Crippen LogP contribution in [0.2, 0.25) is 0 Å². The summed E-state index contributed by atoms with van der Waals surface area (Å²) >= 11 is 0. The number of aryl methyl sites for hydroxylation is 2. The molecule has 1 amide bonds. The lowest BCUT2D eigenvalue weighted by molar-refractivity contribution is -0.142. The number of ether oxygens (including phenoxy) is 2. The topological polar surface area (TPSA) is 127 Å². The van der Waals surface area contributed by atoms with Gasteiger partial charge in [-0.2, -0.15) is 0 Å². The number of nitrogens with zero attached hydrogens (tertiary/aromatic N) is 7. The number of amides is 1. The fraction of sp³-hybridized carbons (Fsp3) is 0.447. The van der Waals surface area contributed by atoms with E-state index < -0.39 is 5.97 Å². The number of hydrogen-bond donors (Lipinski definition) is 1. The minimum absolute atomic E-state index is 0.0785. The van der Waals surface area contributed by atoms with Crippen LogP contribution in [0.5, 0.6) is 0 Å². The molecule has 0 bridgehead atoms. The van der Waals surface area contributed by atoms with E-state index in [4.69, 9.17) is 9.47 Å². The van der Waals surface area contributed by atoms with Crippen LogP contribution in [-0.4, -0.2) is 87.4 Å².